The van der Waals surface area contributed by atoms with E-state index in [0.29, 0.717) is 6.42 Å². The van der Waals surface area contributed by atoms with E-state index in [-0.39, 0.29) is 18.0 Å². The van der Waals surface area contributed by atoms with Gasteiger partial charge in [-0.25, -0.2) is 16.3 Å². The molecular weight excluding hydrogens is 352 g/mol. The molecule has 0 spiro atoms. The summed E-state index contributed by atoms with van der Waals surface area (Å²) >= 11 is 0. The third kappa shape index (κ3) is 3.88. The number of fused-ring (bicyclic) bond motifs is 1. The molecule has 2 atom stereocenters. The van der Waals surface area contributed by atoms with Crippen molar-refractivity contribution in [3.05, 3.63) is 77.9 Å². The van der Waals surface area contributed by atoms with E-state index in [9.17, 15) is 4.79 Å². The summed E-state index contributed by atoms with van der Waals surface area (Å²) in [4.78, 5) is 12.4. The topological polar surface area (TPSA) is 74.8 Å². The standard InChI is InChI=1S/C22H22N4O2/c1-28-18-11-9-16(10-12-18)20-13-21(25-24-20)22(27)26-23-14-17-7-4-6-15-5-2-3-8-19(15)17/h2-12,14,20-21,24-25H,13H2,1H3,(H,26,27)/b23-14+. The maximum absolute atomic E-state index is 12.4. The maximum Gasteiger partial charge on any atom is 0.258 e. The van der Waals surface area contributed by atoms with Gasteiger partial charge in [-0.15, -0.1) is 0 Å². The zero-order valence-electron chi connectivity index (χ0n) is 15.6. The Labute approximate surface area is 163 Å². The number of hydrazine groups is 1. The number of rotatable bonds is 5. The summed E-state index contributed by atoms with van der Waals surface area (Å²) in [7, 11) is 1.64. The monoisotopic (exact) mass is 374 g/mol. The fraction of sp³-hybridized carbons (Fsp3) is 0.182. The largest absolute Gasteiger partial charge is 0.497 e. The highest BCUT2D eigenvalue weighted by molar-refractivity contribution is 6.00. The van der Waals surface area contributed by atoms with E-state index in [0.717, 1.165) is 27.6 Å². The number of carbonyl (C=O) groups is 1. The average molecular weight is 374 g/mol. The van der Waals surface area contributed by atoms with Gasteiger partial charge in [0.1, 0.15) is 11.8 Å². The first-order chi connectivity index (χ1) is 13.7. The lowest BCUT2D eigenvalue weighted by Gasteiger charge is -2.10. The number of hydrogen-bond donors (Lipinski definition) is 3. The minimum Gasteiger partial charge on any atom is -0.497 e. The fourth-order valence-electron chi connectivity index (χ4n) is 3.39. The Morgan fingerprint density at radius 2 is 1.86 bits per heavy atom. The SMILES string of the molecule is COc1ccc(C2CC(C(=O)N/N=C/c3cccc4ccccc34)NN2)cc1. The highest BCUT2D eigenvalue weighted by atomic mass is 16.5. The molecular formula is C22H22N4O2. The van der Waals surface area contributed by atoms with E-state index in [4.69, 9.17) is 4.74 Å². The van der Waals surface area contributed by atoms with Gasteiger partial charge < -0.3 is 4.74 Å². The summed E-state index contributed by atoms with van der Waals surface area (Å²) in [5, 5.41) is 6.39. The van der Waals surface area contributed by atoms with E-state index in [1.165, 1.54) is 0 Å². The molecule has 6 nitrogen and oxygen atoms in total. The minimum absolute atomic E-state index is 0.0590. The van der Waals surface area contributed by atoms with Crippen LogP contribution >= 0.6 is 0 Å². The van der Waals surface area contributed by atoms with Gasteiger partial charge in [0, 0.05) is 11.6 Å². The van der Waals surface area contributed by atoms with Crippen molar-refractivity contribution in [2.75, 3.05) is 7.11 Å². The molecule has 6 heteroatoms. The van der Waals surface area contributed by atoms with Gasteiger partial charge in [-0.3, -0.25) is 4.79 Å². The van der Waals surface area contributed by atoms with Crippen LogP contribution in [0.15, 0.2) is 71.8 Å². The van der Waals surface area contributed by atoms with Crippen LogP contribution in [0.25, 0.3) is 10.8 Å². The van der Waals surface area contributed by atoms with E-state index in [2.05, 4.69) is 33.5 Å². The second-order valence-corrected chi connectivity index (χ2v) is 6.71. The molecule has 3 N–H and O–H groups in total. The maximum atomic E-state index is 12.4. The van der Waals surface area contributed by atoms with Gasteiger partial charge in [-0.05, 0) is 34.9 Å². The number of hydrazone groups is 1. The zero-order chi connectivity index (χ0) is 19.3. The van der Waals surface area contributed by atoms with Crippen molar-refractivity contribution in [1.82, 2.24) is 16.3 Å². The van der Waals surface area contributed by atoms with Gasteiger partial charge in [-0.2, -0.15) is 5.10 Å². The van der Waals surface area contributed by atoms with E-state index in [1.807, 2.05) is 54.6 Å². The quantitative estimate of drug-likeness (QED) is 0.474. The Morgan fingerprint density at radius 3 is 2.68 bits per heavy atom. The number of benzene rings is 3. The molecule has 0 aromatic heterocycles. The van der Waals surface area contributed by atoms with Crippen molar-refractivity contribution >= 4 is 22.9 Å². The van der Waals surface area contributed by atoms with E-state index < -0.39 is 0 Å². The number of methoxy groups -OCH3 is 1. The molecule has 3 aromatic rings. The summed E-state index contributed by atoms with van der Waals surface area (Å²) in [6.07, 6.45) is 2.32. The lowest BCUT2D eigenvalue weighted by atomic mass is 10.0. The van der Waals surface area contributed by atoms with E-state index in [1.54, 1.807) is 13.3 Å². The van der Waals surface area contributed by atoms with Gasteiger partial charge in [-0.1, -0.05) is 54.6 Å². The Bertz CT molecular complexity index is 996. The van der Waals surface area contributed by atoms with Crippen LogP contribution < -0.4 is 21.0 Å². The number of nitrogens with one attached hydrogen (secondary N) is 3. The van der Waals surface area contributed by atoms with E-state index >= 15 is 0 Å². The normalized spacial score (nSPS) is 19.2. The van der Waals surface area contributed by atoms with Crippen LogP contribution in [-0.4, -0.2) is 25.3 Å². The first-order valence-corrected chi connectivity index (χ1v) is 9.20. The van der Waals surface area contributed by atoms with Crippen LogP contribution in [-0.2, 0) is 4.79 Å². The van der Waals surface area contributed by atoms with Crippen LogP contribution in [0.1, 0.15) is 23.6 Å². The van der Waals surface area contributed by atoms with Crippen molar-refractivity contribution in [3.63, 3.8) is 0 Å². The molecule has 0 bridgehead atoms. The number of carbonyl (C=O) groups excluding carboxylic acids is 1. The molecule has 0 radical (unpaired) electrons. The molecule has 142 valence electrons. The average Bonchev–Trinajstić information content (AvgIpc) is 3.24. The van der Waals surface area contributed by atoms with Gasteiger partial charge in [0.05, 0.1) is 13.3 Å². The molecule has 0 aliphatic carbocycles. The second kappa shape index (κ2) is 8.21. The number of ether oxygens (including phenoxy) is 1. The summed E-state index contributed by atoms with van der Waals surface area (Å²) < 4.78 is 5.18. The summed E-state index contributed by atoms with van der Waals surface area (Å²) in [6, 6.07) is 21.6. The molecule has 1 heterocycles. The van der Waals surface area contributed by atoms with Gasteiger partial charge >= 0.3 is 0 Å². The second-order valence-electron chi connectivity index (χ2n) is 6.71. The van der Waals surface area contributed by atoms with Crippen molar-refractivity contribution in [1.29, 1.82) is 0 Å². The predicted octanol–water partition coefficient (Wildman–Crippen LogP) is 2.91. The molecule has 1 amide bonds. The van der Waals surface area contributed by atoms with Crippen LogP contribution in [0, 0.1) is 0 Å². The fourth-order valence-corrected chi connectivity index (χ4v) is 3.39. The third-order valence-corrected chi connectivity index (χ3v) is 4.94. The summed E-state index contributed by atoms with van der Waals surface area (Å²) in [6.45, 7) is 0. The number of hydrogen-bond acceptors (Lipinski definition) is 5. The van der Waals surface area contributed by atoms with Crippen molar-refractivity contribution in [2.24, 2.45) is 5.10 Å². The molecule has 4 rings (SSSR count). The molecule has 1 aliphatic heterocycles. The van der Waals surface area contributed by atoms with Crippen LogP contribution in [0.2, 0.25) is 0 Å². The minimum atomic E-state index is -0.350. The summed E-state index contributed by atoms with van der Waals surface area (Å²) in [5.41, 5.74) is 10.9. The zero-order valence-corrected chi connectivity index (χ0v) is 15.6. The predicted molar refractivity (Wildman–Crippen MR) is 110 cm³/mol. The molecule has 1 aliphatic rings. The molecule has 1 saturated heterocycles. The summed E-state index contributed by atoms with van der Waals surface area (Å²) in [5.74, 6) is 0.645. The van der Waals surface area contributed by atoms with Crippen molar-refractivity contribution in [3.8, 4) is 5.75 Å². The lowest BCUT2D eigenvalue weighted by molar-refractivity contribution is -0.122. The first kappa shape index (κ1) is 18.2. The lowest BCUT2D eigenvalue weighted by Crippen LogP contribution is -2.41. The van der Waals surface area contributed by atoms with Crippen LogP contribution in [0.4, 0.5) is 0 Å². The van der Waals surface area contributed by atoms with Gasteiger partial charge in [0.25, 0.3) is 5.91 Å². The molecule has 3 aromatic carbocycles. The third-order valence-electron chi connectivity index (χ3n) is 4.94. The Kier molecular flexibility index (Phi) is 5.32. The number of amides is 1. The molecule has 0 saturated carbocycles. The Balaban J connectivity index is 1.37. The van der Waals surface area contributed by atoms with Crippen molar-refractivity contribution < 1.29 is 9.53 Å². The van der Waals surface area contributed by atoms with Gasteiger partial charge in [0.15, 0.2) is 0 Å². The van der Waals surface area contributed by atoms with Crippen LogP contribution in [0.3, 0.4) is 0 Å². The van der Waals surface area contributed by atoms with Gasteiger partial charge in [0.2, 0.25) is 0 Å². The molecule has 2 unspecified atom stereocenters. The Hall–Kier alpha value is -3.22. The Morgan fingerprint density at radius 1 is 1.07 bits per heavy atom. The van der Waals surface area contributed by atoms with Crippen LogP contribution in [0.5, 0.6) is 5.75 Å². The number of nitrogens with zero attached hydrogens (tertiary/aromatic N) is 1. The smallest absolute Gasteiger partial charge is 0.258 e. The first-order valence-electron chi connectivity index (χ1n) is 9.20. The molecule has 1 fully saturated rings. The molecule has 28 heavy (non-hydrogen) atoms. The van der Waals surface area contributed by atoms with Crippen molar-refractivity contribution in [2.45, 2.75) is 18.5 Å². The highest BCUT2D eigenvalue weighted by Gasteiger charge is 2.30. The highest BCUT2D eigenvalue weighted by Crippen LogP contribution is 2.24.